The Balaban J connectivity index is 0.000001000. The summed E-state index contributed by atoms with van der Waals surface area (Å²) in [5.74, 6) is 0. The van der Waals surface area contributed by atoms with Crippen molar-refractivity contribution in [2.75, 3.05) is 6.54 Å². The quantitative estimate of drug-likeness (QED) is 0.552. The van der Waals surface area contributed by atoms with Gasteiger partial charge in [0.2, 0.25) is 0 Å². The first-order valence-corrected chi connectivity index (χ1v) is 3.60. The predicted molar refractivity (Wildman–Crippen MR) is 44.0 cm³/mol. The molecule has 1 nitrogen and oxygen atoms in total. The number of rotatable bonds is 3. The molecule has 0 N–H and O–H groups in total. The monoisotopic (exact) mass is 173 g/mol. The molecule has 11 heavy (non-hydrogen) atoms. The first-order valence-electron chi connectivity index (χ1n) is 3.60. The van der Waals surface area contributed by atoms with Gasteiger partial charge in [-0.15, -0.1) is 6.54 Å². The first kappa shape index (κ1) is 11.8. The van der Waals surface area contributed by atoms with Gasteiger partial charge in [-0.2, -0.15) is 6.54 Å². The van der Waals surface area contributed by atoms with Crippen LogP contribution in [0.25, 0.3) is 5.32 Å². The Morgan fingerprint density at radius 3 is 2.36 bits per heavy atom. The second-order valence-electron chi connectivity index (χ2n) is 2.18. The summed E-state index contributed by atoms with van der Waals surface area (Å²) >= 11 is 0. The molecule has 0 saturated carbocycles. The molecule has 0 aliphatic heterocycles. The van der Waals surface area contributed by atoms with E-state index < -0.39 is 0 Å². The van der Waals surface area contributed by atoms with E-state index in [1.807, 2.05) is 18.2 Å². The summed E-state index contributed by atoms with van der Waals surface area (Å²) < 4.78 is 0. The summed E-state index contributed by atoms with van der Waals surface area (Å²) in [5, 5.41) is 4.24. The fraction of sp³-hybridized carbons (Fsp3) is 0.333. The van der Waals surface area contributed by atoms with Crippen LogP contribution in [0, 0.1) is 0 Å². The second-order valence-corrected chi connectivity index (χ2v) is 2.18. The predicted octanol–water partition coefficient (Wildman–Crippen LogP) is -0.416. The first-order chi connectivity index (χ1) is 4.93. The van der Waals surface area contributed by atoms with Gasteiger partial charge in [-0.3, -0.25) is 0 Å². The van der Waals surface area contributed by atoms with Gasteiger partial charge < -0.3 is 5.32 Å². The molecule has 0 aliphatic rings. The Bertz CT molecular complexity index is 174. The van der Waals surface area contributed by atoms with Gasteiger partial charge in [0.15, 0.2) is 0 Å². The van der Waals surface area contributed by atoms with Crippen molar-refractivity contribution in [2.24, 2.45) is 0 Å². The van der Waals surface area contributed by atoms with E-state index in [-0.39, 0.29) is 51.4 Å². The third kappa shape index (κ3) is 5.12. The van der Waals surface area contributed by atoms with Crippen molar-refractivity contribution in [3.8, 4) is 0 Å². The molecule has 0 bridgehead atoms. The van der Waals surface area contributed by atoms with Crippen LogP contribution in [0.2, 0.25) is 0 Å². The van der Waals surface area contributed by atoms with Crippen LogP contribution in [0.4, 0.5) is 0 Å². The average molecular weight is 173 g/mol. The molecular formula is C9H12KN. The topological polar surface area (TPSA) is 14.1 Å². The number of benzene rings is 1. The van der Waals surface area contributed by atoms with Crippen LogP contribution in [-0.4, -0.2) is 6.54 Å². The van der Waals surface area contributed by atoms with Crippen molar-refractivity contribution in [1.29, 1.82) is 0 Å². The van der Waals surface area contributed by atoms with Crippen LogP contribution in [0.1, 0.15) is 12.5 Å². The molecule has 0 radical (unpaired) electrons. The molecule has 0 fully saturated rings. The van der Waals surface area contributed by atoms with E-state index in [9.17, 15) is 0 Å². The fourth-order valence-corrected chi connectivity index (χ4v) is 0.824. The summed E-state index contributed by atoms with van der Waals surface area (Å²) in [6.07, 6.45) is 0. The normalized spacial score (nSPS) is 8.82. The van der Waals surface area contributed by atoms with E-state index >= 15 is 0 Å². The van der Waals surface area contributed by atoms with Crippen LogP contribution in [0.5, 0.6) is 0 Å². The third-order valence-electron chi connectivity index (χ3n) is 1.36. The molecule has 1 aromatic rings. The van der Waals surface area contributed by atoms with Gasteiger partial charge in [-0.25, -0.2) is 0 Å². The Morgan fingerprint density at radius 2 is 1.82 bits per heavy atom. The smallest absolute Gasteiger partial charge is 0.659 e. The zero-order valence-corrected chi connectivity index (χ0v) is 10.4. The molecule has 0 atom stereocenters. The minimum atomic E-state index is 0. The molecule has 0 amide bonds. The van der Waals surface area contributed by atoms with E-state index in [1.165, 1.54) is 5.56 Å². The zero-order valence-electron chi connectivity index (χ0n) is 7.25. The summed E-state index contributed by atoms with van der Waals surface area (Å²) in [5.41, 5.74) is 1.30. The van der Waals surface area contributed by atoms with Crippen LogP contribution < -0.4 is 51.4 Å². The van der Waals surface area contributed by atoms with Gasteiger partial charge in [0, 0.05) is 0 Å². The molecular weight excluding hydrogens is 161 g/mol. The van der Waals surface area contributed by atoms with Crippen molar-refractivity contribution >= 4 is 0 Å². The van der Waals surface area contributed by atoms with Gasteiger partial charge in [-0.05, 0) is 0 Å². The standard InChI is InChI=1S/C9H12N.K/c1-2-10-8-9-6-4-3-5-7-9;/h3-7H,2,8H2,1H3;/q-1;+1. The van der Waals surface area contributed by atoms with Crippen LogP contribution in [0.3, 0.4) is 0 Å². The molecule has 54 valence electrons. The Morgan fingerprint density at radius 1 is 1.18 bits per heavy atom. The molecule has 0 heterocycles. The number of hydrogen-bond acceptors (Lipinski definition) is 0. The van der Waals surface area contributed by atoms with Crippen molar-refractivity contribution in [2.45, 2.75) is 13.5 Å². The average Bonchev–Trinajstić information content (AvgIpc) is 2.03. The van der Waals surface area contributed by atoms with Crippen LogP contribution in [-0.2, 0) is 6.54 Å². The third-order valence-corrected chi connectivity index (χ3v) is 1.36. The maximum Gasteiger partial charge on any atom is 1.00 e. The van der Waals surface area contributed by atoms with E-state index in [4.69, 9.17) is 0 Å². The molecule has 0 aromatic heterocycles. The van der Waals surface area contributed by atoms with E-state index in [2.05, 4.69) is 24.4 Å². The molecule has 0 aliphatic carbocycles. The summed E-state index contributed by atoms with van der Waals surface area (Å²) in [6.45, 7) is 3.83. The Hall–Kier alpha value is 0.816. The largest absolute Gasteiger partial charge is 1.00 e. The number of hydrogen-bond donors (Lipinski definition) is 0. The molecule has 1 rings (SSSR count). The van der Waals surface area contributed by atoms with Gasteiger partial charge in [0.05, 0.1) is 0 Å². The van der Waals surface area contributed by atoms with Gasteiger partial charge >= 0.3 is 51.4 Å². The molecule has 1 aromatic carbocycles. The van der Waals surface area contributed by atoms with Crippen molar-refractivity contribution < 1.29 is 51.4 Å². The Kier molecular flexibility index (Phi) is 8.02. The molecule has 0 unspecified atom stereocenters. The summed E-state index contributed by atoms with van der Waals surface area (Å²) in [4.78, 5) is 0. The SMILES string of the molecule is CC[N-]Cc1ccccc1.[K+]. The van der Waals surface area contributed by atoms with E-state index in [0.29, 0.717) is 0 Å². The zero-order chi connectivity index (χ0) is 7.23. The van der Waals surface area contributed by atoms with Crippen molar-refractivity contribution in [1.82, 2.24) is 0 Å². The van der Waals surface area contributed by atoms with Gasteiger partial charge in [-0.1, -0.05) is 42.8 Å². The fourth-order valence-electron chi connectivity index (χ4n) is 0.824. The minimum Gasteiger partial charge on any atom is -0.659 e. The molecule has 0 saturated heterocycles. The van der Waals surface area contributed by atoms with E-state index in [0.717, 1.165) is 13.1 Å². The van der Waals surface area contributed by atoms with E-state index in [1.54, 1.807) is 0 Å². The summed E-state index contributed by atoms with van der Waals surface area (Å²) in [6, 6.07) is 10.3. The minimum absolute atomic E-state index is 0. The van der Waals surface area contributed by atoms with Crippen molar-refractivity contribution in [3.05, 3.63) is 41.2 Å². The maximum atomic E-state index is 4.24. The molecule has 0 spiro atoms. The van der Waals surface area contributed by atoms with Gasteiger partial charge in [0.25, 0.3) is 0 Å². The van der Waals surface area contributed by atoms with Crippen molar-refractivity contribution in [3.63, 3.8) is 0 Å². The summed E-state index contributed by atoms with van der Waals surface area (Å²) in [7, 11) is 0. The molecule has 2 heteroatoms. The second kappa shape index (κ2) is 7.46. The van der Waals surface area contributed by atoms with Crippen LogP contribution in [0.15, 0.2) is 30.3 Å². The number of nitrogens with zero attached hydrogens (tertiary/aromatic N) is 1. The van der Waals surface area contributed by atoms with Crippen LogP contribution >= 0.6 is 0 Å². The van der Waals surface area contributed by atoms with Gasteiger partial charge in [0.1, 0.15) is 0 Å². The Labute approximate surface area is 111 Å². The maximum absolute atomic E-state index is 4.24.